The quantitative estimate of drug-likeness (QED) is 0.575. The Kier molecular flexibility index (Phi) is 5.18. The van der Waals surface area contributed by atoms with E-state index in [1.165, 1.54) is 0 Å². The first-order valence-corrected chi connectivity index (χ1v) is 8.67. The van der Waals surface area contributed by atoms with E-state index < -0.39 is 0 Å². The first-order chi connectivity index (χ1) is 12.0. The van der Waals surface area contributed by atoms with Crippen LogP contribution in [0.2, 0.25) is 0 Å². The van der Waals surface area contributed by atoms with Crippen LogP contribution in [0.25, 0.3) is 0 Å². The van der Waals surface area contributed by atoms with Crippen molar-refractivity contribution >= 4 is 40.0 Å². The van der Waals surface area contributed by atoms with Crippen molar-refractivity contribution in [3.8, 4) is 11.5 Å². The van der Waals surface area contributed by atoms with Gasteiger partial charge < -0.3 is 15.8 Å². The number of nitrogen functional groups attached to an aromatic ring is 1. The number of nitrogens with zero attached hydrogens (tertiary/aromatic N) is 1. The minimum absolute atomic E-state index is 0.212. The summed E-state index contributed by atoms with van der Waals surface area (Å²) < 4.78 is 6.94. The standard InChI is InChI=1S/C19H16IN3O2/c1-12-5-10-17(18(21)22-12)19(24)23-14-3-2-4-16(11-14)25-15-8-6-13(20)7-9-15/h2-11H,1H3,(H2,21,22)(H,23,24). The number of carbonyl (C=O) groups is 1. The zero-order valence-corrected chi connectivity index (χ0v) is 15.7. The Hall–Kier alpha value is -2.61. The molecule has 0 radical (unpaired) electrons. The van der Waals surface area contributed by atoms with Gasteiger partial charge in [-0.3, -0.25) is 4.79 Å². The van der Waals surface area contributed by atoms with Gasteiger partial charge in [-0.05, 0) is 78.0 Å². The van der Waals surface area contributed by atoms with Crippen LogP contribution in [0, 0.1) is 10.5 Å². The number of halogens is 1. The average Bonchev–Trinajstić information content (AvgIpc) is 2.57. The van der Waals surface area contributed by atoms with Crippen molar-refractivity contribution in [3.63, 3.8) is 0 Å². The van der Waals surface area contributed by atoms with Crippen molar-refractivity contribution in [2.24, 2.45) is 0 Å². The molecule has 3 N–H and O–H groups in total. The van der Waals surface area contributed by atoms with Gasteiger partial charge in [0.15, 0.2) is 0 Å². The molecule has 0 unspecified atom stereocenters. The molecule has 0 bridgehead atoms. The van der Waals surface area contributed by atoms with Gasteiger partial charge in [0.05, 0.1) is 5.56 Å². The number of nitrogens with two attached hydrogens (primary N) is 1. The molecule has 0 atom stereocenters. The van der Waals surface area contributed by atoms with Gasteiger partial charge in [0.1, 0.15) is 17.3 Å². The zero-order valence-electron chi connectivity index (χ0n) is 13.5. The maximum absolute atomic E-state index is 12.4. The predicted octanol–water partition coefficient (Wildman–Crippen LogP) is 4.62. The Morgan fingerprint density at radius 3 is 2.56 bits per heavy atom. The van der Waals surface area contributed by atoms with E-state index in [0.717, 1.165) is 15.0 Å². The molecule has 0 saturated heterocycles. The second kappa shape index (κ2) is 7.52. The minimum Gasteiger partial charge on any atom is -0.457 e. The molecule has 0 aliphatic carbocycles. The molecule has 1 aromatic heterocycles. The fraction of sp³-hybridized carbons (Fsp3) is 0.0526. The first-order valence-electron chi connectivity index (χ1n) is 7.59. The molecule has 3 rings (SSSR count). The van der Waals surface area contributed by atoms with Crippen LogP contribution in [0.3, 0.4) is 0 Å². The van der Waals surface area contributed by atoms with Crippen LogP contribution in [0.5, 0.6) is 11.5 Å². The lowest BCUT2D eigenvalue weighted by Crippen LogP contribution is -2.15. The van der Waals surface area contributed by atoms with Crippen molar-refractivity contribution in [1.82, 2.24) is 4.98 Å². The molecule has 0 spiro atoms. The molecule has 3 aromatic rings. The summed E-state index contributed by atoms with van der Waals surface area (Å²) in [6, 6.07) is 18.3. The Labute approximate surface area is 159 Å². The average molecular weight is 445 g/mol. The smallest absolute Gasteiger partial charge is 0.259 e. The number of benzene rings is 2. The SMILES string of the molecule is Cc1ccc(C(=O)Nc2cccc(Oc3ccc(I)cc3)c2)c(N)n1. The van der Waals surface area contributed by atoms with Crippen LogP contribution in [0.1, 0.15) is 16.1 Å². The molecule has 25 heavy (non-hydrogen) atoms. The highest BCUT2D eigenvalue weighted by atomic mass is 127. The normalized spacial score (nSPS) is 10.3. The van der Waals surface area contributed by atoms with Crippen LogP contribution < -0.4 is 15.8 Å². The van der Waals surface area contributed by atoms with Crippen LogP contribution in [-0.4, -0.2) is 10.9 Å². The largest absolute Gasteiger partial charge is 0.457 e. The van der Waals surface area contributed by atoms with Crippen molar-refractivity contribution in [2.75, 3.05) is 11.1 Å². The fourth-order valence-corrected chi connectivity index (χ4v) is 2.60. The molecule has 1 amide bonds. The number of hydrogen-bond donors (Lipinski definition) is 2. The van der Waals surface area contributed by atoms with Crippen molar-refractivity contribution in [1.29, 1.82) is 0 Å². The molecule has 6 heteroatoms. The molecule has 126 valence electrons. The van der Waals surface area contributed by atoms with E-state index in [4.69, 9.17) is 10.5 Å². The van der Waals surface area contributed by atoms with E-state index in [1.807, 2.05) is 43.3 Å². The van der Waals surface area contributed by atoms with E-state index in [9.17, 15) is 4.79 Å². The first kappa shape index (κ1) is 17.2. The summed E-state index contributed by atoms with van der Waals surface area (Å²) in [6.07, 6.45) is 0. The lowest BCUT2D eigenvalue weighted by atomic mass is 10.2. The molecule has 0 fully saturated rings. The summed E-state index contributed by atoms with van der Waals surface area (Å²) in [5.74, 6) is 1.27. The summed E-state index contributed by atoms with van der Waals surface area (Å²) in [5, 5.41) is 2.81. The second-order valence-corrected chi connectivity index (χ2v) is 6.67. The number of amides is 1. The predicted molar refractivity (Wildman–Crippen MR) is 107 cm³/mol. The number of nitrogens with one attached hydrogen (secondary N) is 1. The molecule has 5 nitrogen and oxygen atoms in total. The van der Waals surface area contributed by atoms with Gasteiger partial charge in [0, 0.05) is 21.0 Å². The zero-order chi connectivity index (χ0) is 17.8. The van der Waals surface area contributed by atoms with Gasteiger partial charge in [-0.15, -0.1) is 0 Å². The Balaban J connectivity index is 1.75. The summed E-state index contributed by atoms with van der Waals surface area (Å²) in [5.41, 5.74) is 7.55. The van der Waals surface area contributed by atoms with Crippen LogP contribution in [-0.2, 0) is 0 Å². The van der Waals surface area contributed by atoms with Gasteiger partial charge in [-0.2, -0.15) is 0 Å². The summed E-state index contributed by atoms with van der Waals surface area (Å²) in [7, 11) is 0. The van der Waals surface area contributed by atoms with Gasteiger partial charge in [0.2, 0.25) is 0 Å². The topological polar surface area (TPSA) is 77.2 Å². The molecular formula is C19H16IN3O2. The lowest BCUT2D eigenvalue weighted by Gasteiger charge is -2.10. The maximum atomic E-state index is 12.4. The van der Waals surface area contributed by atoms with E-state index >= 15 is 0 Å². The highest BCUT2D eigenvalue weighted by Crippen LogP contribution is 2.25. The third-order valence-corrected chi connectivity index (χ3v) is 4.17. The number of ether oxygens (including phenoxy) is 1. The number of rotatable bonds is 4. The van der Waals surface area contributed by atoms with Crippen LogP contribution in [0.4, 0.5) is 11.5 Å². The van der Waals surface area contributed by atoms with Gasteiger partial charge in [-0.25, -0.2) is 4.98 Å². The molecule has 2 aromatic carbocycles. The monoisotopic (exact) mass is 445 g/mol. The van der Waals surface area contributed by atoms with E-state index in [2.05, 4.69) is 32.9 Å². The molecule has 0 aliphatic heterocycles. The molecular weight excluding hydrogens is 429 g/mol. The van der Waals surface area contributed by atoms with E-state index in [1.54, 1.807) is 24.3 Å². The fourth-order valence-electron chi connectivity index (χ4n) is 2.24. The lowest BCUT2D eigenvalue weighted by molar-refractivity contribution is 0.102. The van der Waals surface area contributed by atoms with Gasteiger partial charge in [0.25, 0.3) is 5.91 Å². The number of aryl methyl sites for hydroxylation is 1. The number of carbonyl (C=O) groups excluding carboxylic acids is 1. The van der Waals surface area contributed by atoms with Crippen molar-refractivity contribution in [3.05, 3.63) is 75.5 Å². The summed E-state index contributed by atoms with van der Waals surface area (Å²) in [6.45, 7) is 1.82. The van der Waals surface area contributed by atoms with Crippen LogP contribution in [0.15, 0.2) is 60.7 Å². The highest BCUT2D eigenvalue weighted by molar-refractivity contribution is 14.1. The Morgan fingerprint density at radius 1 is 1.08 bits per heavy atom. The van der Waals surface area contributed by atoms with Gasteiger partial charge in [-0.1, -0.05) is 6.07 Å². The van der Waals surface area contributed by atoms with E-state index in [0.29, 0.717) is 17.0 Å². The minimum atomic E-state index is -0.309. The number of anilines is 2. The highest BCUT2D eigenvalue weighted by Gasteiger charge is 2.11. The Bertz CT molecular complexity index is 911. The number of pyridine rings is 1. The van der Waals surface area contributed by atoms with E-state index in [-0.39, 0.29) is 11.7 Å². The maximum Gasteiger partial charge on any atom is 0.259 e. The van der Waals surface area contributed by atoms with Crippen molar-refractivity contribution in [2.45, 2.75) is 6.92 Å². The number of aromatic nitrogens is 1. The van der Waals surface area contributed by atoms with Crippen LogP contribution >= 0.6 is 22.6 Å². The molecule has 1 heterocycles. The van der Waals surface area contributed by atoms with Crippen molar-refractivity contribution < 1.29 is 9.53 Å². The third-order valence-electron chi connectivity index (χ3n) is 3.45. The summed E-state index contributed by atoms with van der Waals surface area (Å²) >= 11 is 2.24. The molecule has 0 saturated carbocycles. The third kappa shape index (κ3) is 4.48. The second-order valence-electron chi connectivity index (χ2n) is 5.42. The number of hydrogen-bond acceptors (Lipinski definition) is 4. The summed E-state index contributed by atoms with van der Waals surface area (Å²) in [4.78, 5) is 16.5. The van der Waals surface area contributed by atoms with Gasteiger partial charge >= 0.3 is 0 Å². The Morgan fingerprint density at radius 2 is 1.84 bits per heavy atom. The molecule has 0 aliphatic rings.